The highest BCUT2D eigenvalue weighted by Crippen LogP contribution is 2.37. The van der Waals surface area contributed by atoms with E-state index in [2.05, 4.69) is 5.32 Å². The molecule has 1 heterocycles. The minimum Gasteiger partial charge on any atom is -0.328 e. The third kappa shape index (κ3) is 0.956. The Bertz CT molecular complexity index is 112. The van der Waals surface area contributed by atoms with Gasteiger partial charge >= 0.3 is 0 Å². The van der Waals surface area contributed by atoms with Crippen LogP contribution in [-0.4, -0.2) is 18.1 Å². The lowest BCUT2D eigenvalue weighted by Gasteiger charge is -2.49. The molecule has 1 aliphatic heterocycles. The Morgan fingerprint density at radius 2 is 2.10 bits per heavy atom. The van der Waals surface area contributed by atoms with Gasteiger partial charge in [0.1, 0.15) is 0 Å². The maximum atomic E-state index is 5.74. The maximum absolute atomic E-state index is 5.74. The zero-order valence-electron chi connectivity index (χ0n) is 6.40. The molecule has 2 nitrogen and oxygen atoms in total. The van der Waals surface area contributed by atoms with Gasteiger partial charge < -0.3 is 11.1 Å². The largest absolute Gasteiger partial charge is 0.328 e. The van der Waals surface area contributed by atoms with Crippen LogP contribution in [0.5, 0.6) is 0 Å². The van der Waals surface area contributed by atoms with E-state index in [1.165, 1.54) is 38.6 Å². The molecule has 0 amide bonds. The van der Waals surface area contributed by atoms with Crippen molar-refractivity contribution in [1.82, 2.24) is 5.32 Å². The Kier molecular flexibility index (Phi) is 1.46. The molecule has 0 bridgehead atoms. The smallest absolute Gasteiger partial charge is 0.0211 e. The highest BCUT2D eigenvalue weighted by atomic mass is 15.0. The van der Waals surface area contributed by atoms with Crippen LogP contribution in [0, 0.1) is 0 Å². The molecule has 58 valence electrons. The summed E-state index contributed by atoms with van der Waals surface area (Å²) in [6.45, 7) is 1.21. The molecule has 0 atom stereocenters. The fourth-order valence-corrected chi connectivity index (χ4v) is 2.32. The Hall–Kier alpha value is -0.0800. The minimum atomic E-state index is 0.491. The number of piperidine rings is 1. The Balaban J connectivity index is 1.90. The van der Waals surface area contributed by atoms with Crippen LogP contribution < -0.4 is 11.1 Å². The van der Waals surface area contributed by atoms with Crippen molar-refractivity contribution >= 4 is 0 Å². The first-order chi connectivity index (χ1) is 4.81. The van der Waals surface area contributed by atoms with E-state index in [0.717, 1.165) is 0 Å². The second kappa shape index (κ2) is 2.21. The summed E-state index contributed by atoms with van der Waals surface area (Å²) in [6.07, 6.45) is 6.55. The molecule has 1 aliphatic carbocycles. The van der Waals surface area contributed by atoms with Crippen molar-refractivity contribution in [2.45, 2.75) is 43.7 Å². The minimum absolute atomic E-state index is 0.491. The van der Waals surface area contributed by atoms with Crippen LogP contribution in [0.3, 0.4) is 0 Å². The van der Waals surface area contributed by atoms with Crippen LogP contribution in [0.1, 0.15) is 32.1 Å². The van der Waals surface area contributed by atoms with E-state index in [-0.39, 0.29) is 0 Å². The molecule has 0 aromatic carbocycles. The predicted octanol–water partition coefficient (Wildman–Crippen LogP) is 0.620. The lowest BCUT2D eigenvalue weighted by atomic mass is 9.69. The molecule has 2 aliphatic rings. The molecule has 0 aromatic rings. The molecule has 1 spiro atoms. The molecule has 1 saturated carbocycles. The SMILES string of the molecule is NC1CC2(CCCCN2)C1. The summed E-state index contributed by atoms with van der Waals surface area (Å²) in [7, 11) is 0. The van der Waals surface area contributed by atoms with Gasteiger partial charge in [0.25, 0.3) is 0 Å². The molecule has 3 N–H and O–H groups in total. The third-order valence-corrected chi connectivity index (χ3v) is 2.89. The number of nitrogens with one attached hydrogen (secondary N) is 1. The topological polar surface area (TPSA) is 38.0 Å². The predicted molar refractivity (Wildman–Crippen MR) is 41.8 cm³/mol. The van der Waals surface area contributed by atoms with Crippen molar-refractivity contribution in [1.29, 1.82) is 0 Å². The number of rotatable bonds is 0. The summed E-state index contributed by atoms with van der Waals surface area (Å²) < 4.78 is 0. The lowest BCUT2D eigenvalue weighted by Crippen LogP contribution is -2.61. The first-order valence-electron chi connectivity index (χ1n) is 4.31. The van der Waals surface area contributed by atoms with Crippen LogP contribution in [0.15, 0.2) is 0 Å². The monoisotopic (exact) mass is 140 g/mol. The van der Waals surface area contributed by atoms with E-state index in [0.29, 0.717) is 11.6 Å². The zero-order valence-corrected chi connectivity index (χ0v) is 6.40. The lowest BCUT2D eigenvalue weighted by molar-refractivity contribution is 0.118. The van der Waals surface area contributed by atoms with Gasteiger partial charge in [-0.2, -0.15) is 0 Å². The van der Waals surface area contributed by atoms with Gasteiger partial charge in [0.2, 0.25) is 0 Å². The molecular formula is C8H16N2. The average molecular weight is 140 g/mol. The fourth-order valence-electron chi connectivity index (χ4n) is 2.32. The average Bonchev–Trinajstić information content (AvgIpc) is 1.87. The normalized spacial score (nSPS) is 47.1. The number of hydrogen-bond acceptors (Lipinski definition) is 2. The van der Waals surface area contributed by atoms with Crippen LogP contribution in [0.25, 0.3) is 0 Å². The molecule has 0 unspecified atom stereocenters. The molecular weight excluding hydrogens is 124 g/mol. The molecule has 2 rings (SSSR count). The number of nitrogens with two attached hydrogens (primary N) is 1. The van der Waals surface area contributed by atoms with Gasteiger partial charge in [-0.15, -0.1) is 0 Å². The van der Waals surface area contributed by atoms with Gasteiger partial charge in [-0.25, -0.2) is 0 Å². The van der Waals surface area contributed by atoms with E-state index in [9.17, 15) is 0 Å². The second-order valence-electron chi connectivity index (χ2n) is 3.83. The fraction of sp³-hybridized carbons (Fsp3) is 1.00. The highest BCUT2D eigenvalue weighted by molar-refractivity contribution is 5.04. The van der Waals surface area contributed by atoms with Crippen LogP contribution in [-0.2, 0) is 0 Å². The van der Waals surface area contributed by atoms with E-state index in [1.807, 2.05) is 0 Å². The summed E-state index contributed by atoms with van der Waals surface area (Å²) in [5.74, 6) is 0. The van der Waals surface area contributed by atoms with E-state index < -0.39 is 0 Å². The maximum Gasteiger partial charge on any atom is 0.0211 e. The molecule has 0 aromatic heterocycles. The molecule has 0 radical (unpaired) electrons. The van der Waals surface area contributed by atoms with Crippen molar-refractivity contribution in [2.24, 2.45) is 5.73 Å². The van der Waals surface area contributed by atoms with Gasteiger partial charge in [-0.3, -0.25) is 0 Å². The van der Waals surface area contributed by atoms with Crippen molar-refractivity contribution in [3.63, 3.8) is 0 Å². The van der Waals surface area contributed by atoms with Gasteiger partial charge in [-0.1, -0.05) is 6.42 Å². The molecule has 1 saturated heterocycles. The Labute approximate surface area is 62.2 Å². The highest BCUT2D eigenvalue weighted by Gasteiger charge is 2.42. The van der Waals surface area contributed by atoms with E-state index >= 15 is 0 Å². The summed E-state index contributed by atoms with van der Waals surface area (Å²) in [5.41, 5.74) is 6.24. The zero-order chi connectivity index (χ0) is 7.03. The van der Waals surface area contributed by atoms with Gasteiger partial charge in [-0.05, 0) is 32.2 Å². The third-order valence-electron chi connectivity index (χ3n) is 2.89. The quantitative estimate of drug-likeness (QED) is 0.517. The summed E-state index contributed by atoms with van der Waals surface area (Å²) in [4.78, 5) is 0. The summed E-state index contributed by atoms with van der Waals surface area (Å²) in [6, 6.07) is 0.491. The Morgan fingerprint density at radius 3 is 2.60 bits per heavy atom. The first-order valence-corrected chi connectivity index (χ1v) is 4.31. The van der Waals surface area contributed by atoms with E-state index in [4.69, 9.17) is 5.73 Å². The number of hydrogen-bond donors (Lipinski definition) is 2. The van der Waals surface area contributed by atoms with Crippen LogP contribution >= 0.6 is 0 Å². The van der Waals surface area contributed by atoms with Gasteiger partial charge in [0.15, 0.2) is 0 Å². The van der Waals surface area contributed by atoms with Crippen LogP contribution in [0.4, 0.5) is 0 Å². The molecule has 2 heteroatoms. The second-order valence-corrected chi connectivity index (χ2v) is 3.83. The summed E-state index contributed by atoms with van der Waals surface area (Å²) >= 11 is 0. The van der Waals surface area contributed by atoms with Gasteiger partial charge in [0, 0.05) is 11.6 Å². The Morgan fingerprint density at radius 1 is 1.30 bits per heavy atom. The molecule has 10 heavy (non-hydrogen) atoms. The van der Waals surface area contributed by atoms with Crippen LogP contribution in [0.2, 0.25) is 0 Å². The van der Waals surface area contributed by atoms with Gasteiger partial charge in [0.05, 0.1) is 0 Å². The van der Waals surface area contributed by atoms with Crippen molar-refractivity contribution in [2.75, 3.05) is 6.54 Å². The van der Waals surface area contributed by atoms with Crippen molar-refractivity contribution < 1.29 is 0 Å². The standard InChI is InChI=1S/C8H16N2/c9-7-5-8(6-7)3-1-2-4-10-8/h7,10H,1-6,9H2. The summed E-state index contributed by atoms with van der Waals surface area (Å²) in [5, 5.41) is 3.58. The molecule has 2 fully saturated rings. The van der Waals surface area contributed by atoms with Crippen molar-refractivity contribution in [3.8, 4) is 0 Å². The van der Waals surface area contributed by atoms with Crippen molar-refractivity contribution in [3.05, 3.63) is 0 Å². The van der Waals surface area contributed by atoms with E-state index in [1.54, 1.807) is 0 Å². The first kappa shape index (κ1) is 6.62.